The maximum atomic E-state index is 11.8. The monoisotopic (exact) mass is 216 g/mol. The molecule has 2 rings (SSSR count). The molecule has 1 saturated heterocycles. The van der Waals surface area contributed by atoms with Crippen molar-refractivity contribution in [3.63, 3.8) is 0 Å². The maximum absolute atomic E-state index is 11.8. The van der Waals surface area contributed by atoms with Gasteiger partial charge in [-0.15, -0.1) is 0 Å². The highest BCUT2D eigenvalue weighted by atomic mass is 32.2. The van der Waals surface area contributed by atoms with Gasteiger partial charge in [0.25, 0.3) is 0 Å². The van der Waals surface area contributed by atoms with Crippen LogP contribution < -0.4 is 0 Å². The van der Waals surface area contributed by atoms with Gasteiger partial charge in [-0.2, -0.15) is 0 Å². The molecule has 2 fully saturated rings. The topological polar surface area (TPSA) is 51.2 Å². The molecular weight excluding hydrogens is 200 g/mol. The number of Topliss-reactive ketones (excluding diaryl/α,β-unsaturated/α-hetero) is 1. The van der Waals surface area contributed by atoms with Crippen LogP contribution in [-0.2, 0) is 14.6 Å². The average molecular weight is 216 g/mol. The number of rotatable bonds is 2. The molecule has 0 radical (unpaired) electrons. The molecule has 14 heavy (non-hydrogen) atoms. The second kappa shape index (κ2) is 3.65. The Balaban J connectivity index is 2.16. The predicted octanol–water partition coefficient (Wildman–Crippen LogP) is 1.32. The fourth-order valence-electron chi connectivity index (χ4n) is 2.08. The summed E-state index contributed by atoms with van der Waals surface area (Å²) in [7, 11) is -3.11. The van der Waals surface area contributed by atoms with Crippen molar-refractivity contribution in [3.8, 4) is 0 Å². The Morgan fingerprint density at radius 1 is 1.00 bits per heavy atom. The van der Waals surface area contributed by atoms with Gasteiger partial charge in [0.1, 0.15) is 5.25 Å². The molecule has 0 aromatic rings. The van der Waals surface area contributed by atoms with Gasteiger partial charge in [-0.25, -0.2) is 8.42 Å². The van der Waals surface area contributed by atoms with Crippen molar-refractivity contribution in [2.45, 2.75) is 43.8 Å². The standard InChI is InChI=1S/C10H16O3S/c11-10(8-5-6-8)9-4-2-1-3-7-14(9,12)13/h8-9H,1-7H2. The van der Waals surface area contributed by atoms with E-state index in [9.17, 15) is 13.2 Å². The van der Waals surface area contributed by atoms with Crippen molar-refractivity contribution in [1.82, 2.24) is 0 Å². The average Bonchev–Trinajstić information content (AvgIpc) is 2.90. The van der Waals surface area contributed by atoms with Crippen molar-refractivity contribution in [2.24, 2.45) is 5.92 Å². The summed E-state index contributed by atoms with van der Waals surface area (Å²) in [5, 5.41) is -0.655. The molecule has 4 heteroatoms. The number of hydrogen-bond donors (Lipinski definition) is 0. The van der Waals surface area contributed by atoms with Gasteiger partial charge in [-0.05, 0) is 25.7 Å². The zero-order chi connectivity index (χ0) is 10.2. The van der Waals surface area contributed by atoms with E-state index in [1.807, 2.05) is 0 Å². The first kappa shape index (κ1) is 10.1. The van der Waals surface area contributed by atoms with Gasteiger partial charge < -0.3 is 0 Å². The Bertz CT molecular complexity index is 327. The third-order valence-electron chi connectivity index (χ3n) is 3.13. The molecule has 0 aromatic heterocycles. The normalized spacial score (nSPS) is 32.1. The molecule has 1 unspecified atom stereocenters. The van der Waals surface area contributed by atoms with Crippen LogP contribution in [0.5, 0.6) is 0 Å². The Morgan fingerprint density at radius 2 is 1.71 bits per heavy atom. The minimum Gasteiger partial charge on any atom is -0.298 e. The highest BCUT2D eigenvalue weighted by molar-refractivity contribution is 7.92. The Kier molecular flexibility index (Phi) is 2.64. The van der Waals surface area contributed by atoms with E-state index in [4.69, 9.17) is 0 Å². The predicted molar refractivity (Wildman–Crippen MR) is 53.8 cm³/mol. The summed E-state index contributed by atoms with van der Waals surface area (Å²) in [4.78, 5) is 11.7. The van der Waals surface area contributed by atoms with Crippen molar-refractivity contribution < 1.29 is 13.2 Å². The van der Waals surface area contributed by atoms with Crippen LogP contribution in [0.25, 0.3) is 0 Å². The summed E-state index contributed by atoms with van der Waals surface area (Å²) in [6, 6.07) is 0. The molecule has 1 heterocycles. The van der Waals surface area contributed by atoms with Crippen LogP contribution in [0.15, 0.2) is 0 Å². The van der Waals surface area contributed by atoms with Crippen molar-refractivity contribution >= 4 is 15.6 Å². The Labute approximate surface area is 84.8 Å². The van der Waals surface area contributed by atoms with E-state index >= 15 is 0 Å². The number of ketones is 1. The molecule has 1 aliphatic heterocycles. The molecule has 0 amide bonds. The Morgan fingerprint density at radius 3 is 2.36 bits per heavy atom. The molecule has 1 saturated carbocycles. The SMILES string of the molecule is O=C(C1CC1)C1CCCCCS1(=O)=O. The lowest BCUT2D eigenvalue weighted by atomic mass is 10.1. The number of hydrogen-bond acceptors (Lipinski definition) is 3. The molecule has 80 valence electrons. The molecule has 0 bridgehead atoms. The van der Waals surface area contributed by atoms with Gasteiger partial charge in [0.2, 0.25) is 0 Å². The first-order chi connectivity index (χ1) is 6.61. The lowest BCUT2D eigenvalue weighted by Gasteiger charge is -2.12. The van der Waals surface area contributed by atoms with Crippen LogP contribution in [0, 0.1) is 5.92 Å². The van der Waals surface area contributed by atoms with Crippen LogP contribution in [0.4, 0.5) is 0 Å². The first-order valence-electron chi connectivity index (χ1n) is 5.36. The summed E-state index contributed by atoms with van der Waals surface area (Å²) < 4.78 is 23.5. The molecule has 1 atom stereocenters. The summed E-state index contributed by atoms with van der Waals surface area (Å²) in [6.45, 7) is 0. The van der Waals surface area contributed by atoms with Crippen LogP contribution in [0.2, 0.25) is 0 Å². The highest BCUT2D eigenvalue weighted by Crippen LogP contribution is 2.34. The number of carbonyl (C=O) groups excluding carboxylic acids is 1. The number of carbonyl (C=O) groups is 1. The lowest BCUT2D eigenvalue weighted by Crippen LogP contribution is -2.32. The van der Waals surface area contributed by atoms with E-state index in [1.165, 1.54) is 0 Å². The molecule has 1 aliphatic carbocycles. The Hall–Kier alpha value is -0.380. The fourth-order valence-corrected chi connectivity index (χ4v) is 4.04. The van der Waals surface area contributed by atoms with E-state index in [2.05, 4.69) is 0 Å². The molecule has 0 aromatic carbocycles. The summed E-state index contributed by atoms with van der Waals surface area (Å²) in [5.74, 6) is 0.302. The van der Waals surface area contributed by atoms with Gasteiger partial charge >= 0.3 is 0 Å². The van der Waals surface area contributed by atoms with Crippen LogP contribution in [-0.4, -0.2) is 25.2 Å². The van der Waals surface area contributed by atoms with Gasteiger partial charge in [0.15, 0.2) is 15.6 Å². The smallest absolute Gasteiger partial charge is 0.160 e. The van der Waals surface area contributed by atoms with E-state index in [-0.39, 0.29) is 17.5 Å². The van der Waals surface area contributed by atoms with Crippen LogP contribution >= 0.6 is 0 Å². The highest BCUT2D eigenvalue weighted by Gasteiger charge is 2.41. The van der Waals surface area contributed by atoms with Crippen LogP contribution in [0.3, 0.4) is 0 Å². The van der Waals surface area contributed by atoms with E-state index in [0.717, 1.165) is 32.1 Å². The summed E-state index contributed by atoms with van der Waals surface area (Å²) >= 11 is 0. The van der Waals surface area contributed by atoms with Crippen LogP contribution in [0.1, 0.15) is 38.5 Å². The van der Waals surface area contributed by atoms with Gasteiger partial charge in [-0.1, -0.05) is 12.8 Å². The summed E-state index contributed by atoms with van der Waals surface area (Å²) in [5.41, 5.74) is 0. The third-order valence-corrected chi connectivity index (χ3v) is 5.32. The van der Waals surface area contributed by atoms with Gasteiger partial charge in [0.05, 0.1) is 5.75 Å². The maximum Gasteiger partial charge on any atom is 0.160 e. The quantitative estimate of drug-likeness (QED) is 0.699. The zero-order valence-electron chi connectivity index (χ0n) is 8.24. The minimum atomic E-state index is -3.11. The lowest BCUT2D eigenvalue weighted by molar-refractivity contribution is -0.119. The van der Waals surface area contributed by atoms with Gasteiger partial charge in [0, 0.05) is 5.92 Å². The second-order valence-corrected chi connectivity index (χ2v) is 6.68. The molecule has 0 spiro atoms. The molecular formula is C10H16O3S. The van der Waals surface area contributed by atoms with Crippen molar-refractivity contribution in [2.75, 3.05) is 5.75 Å². The van der Waals surface area contributed by atoms with Crippen molar-refractivity contribution in [1.29, 1.82) is 0 Å². The van der Waals surface area contributed by atoms with E-state index in [0.29, 0.717) is 6.42 Å². The number of sulfone groups is 1. The fraction of sp³-hybridized carbons (Fsp3) is 0.900. The molecule has 2 aliphatic rings. The first-order valence-corrected chi connectivity index (χ1v) is 7.08. The largest absolute Gasteiger partial charge is 0.298 e. The second-order valence-electron chi connectivity index (χ2n) is 4.38. The van der Waals surface area contributed by atoms with E-state index < -0.39 is 15.1 Å². The zero-order valence-corrected chi connectivity index (χ0v) is 9.05. The third kappa shape index (κ3) is 2.00. The van der Waals surface area contributed by atoms with Crippen molar-refractivity contribution in [3.05, 3.63) is 0 Å². The molecule has 0 N–H and O–H groups in total. The summed E-state index contributed by atoms with van der Waals surface area (Å²) in [6.07, 6.45) is 4.96. The molecule has 3 nitrogen and oxygen atoms in total. The minimum absolute atomic E-state index is 0.00639. The van der Waals surface area contributed by atoms with Gasteiger partial charge in [-0.3, -0.25) is 4.79 Å². The van der Waals surface area contributed by atoms with E-state index in [1.54, 1.807) is 0 Å².